The Hall–Kier alpha value is -1.59. The molecular weight excluding hydrogens is 258 g/mol. The van der Waals surface area contributed by atoms with E-state index in [0.717, 1.165) is 19.4 Å². The van der Waals surface area contributed by atoms with E-state index in [9.17, 15) is 4.79 Å². The van der Waals surface area contributed by atoms with Crippen LogP contribution in [0, 0.1) is 0 Å². The Labute approximate surface area is 118 Å². The van der Waals surface area contributed by atoms with Crippen molar-refractivity contribution in [3.8, 4) is 5.75 Å². The molecule has 1 saturated heterocycles. The molecule has 1 heterocycles. The van der Waals surface area contributed by atoms with Gasteiger partial charge in [0.15, 0.2) is 0 Å². The maximum Gasteiger partial charge on any atom is 0.339 e. The Kier molecular flexibility index (Phi) is 4.98. The average molecular weight is 279 g/mol. The molecule has 2 N–H and O–H groups in total. The third-order valence-corrected chi connectivity index (χ3v) is 3.47. The molecule has 5 heteroatoms. The van der Waals surface area contributed by atoms with E-state index in [1.165, 1.54) is 0 Å². The van der Waals surface area contributed by atoms with E-state index in [4.69, 9.17) is 14.6 Å². The van der Waals surface area contributed by atoms with Gasteiger partial charge < -0.3 is 19.9 Å². The third-order valence-electron chi connectivity index (χ3n) is 3.47. The van der Waals surface area contributed by atoms with Crippen molar-refractivity contribution in [1.82, 2.24) is 5.32 Å². The van der Waals surface area contributed by atoms with Crippen LogP contribution in [-0.2, 0) is 4.74 Å². The van der Waals surface area contributed by atoms with E-state index in [2.05, 4.69) is 12.2 Å². The van der Waals surface area contributed by atoms with Gasteiger partial charge in [0.2, 0.25) is 0 Å². The highest BCUT2D eigenvalue weighted by Crippen LogP contribution is 2.19. The topological polar surface area (TPSA) is 67.8 Å². The summed E-state index contributed by atoms with van der Waals surface area (Å²) < 4.78 is 11.0. The lowest BCUT2D eigenvalue weighted by molar-refractivity contribution is 0.0273. The number of hydrogen-bond donors (Lipinski definition) is 2. The number of ether oxygens (including phenoxy) is 2. The lowest BCUT2D eigenvalue weighted by Crippen LogP contribution is -2.50. The molecule has 1 aliphatic rings. The normalized spacial score (nSPS) is 22.4. The van der Waals surface area contributed by atoms with Crippen LogP contribution in [0.4, 0.5) is 0 Å². The number of rotatable bonds is 6. The van der Waals surface area contributed by atoms with Crippen LogP contribution < -0.4 is 10.1 Å². The summed E-state index contributed by atoms with van der Waals surface area (Å²) in [4.78, 5) is 11.0. The van der Waals surface area contributed by atoms with E-state index < -0.39 is 5.97 Å². The number of para-hydroxylation sites is 1. The average Bonchev–Trinajstić information content (AvgIpc) is 2.45. The zero-order valence-electron chi connectivity index (χ0n) is 11.7. The molecule has 1 aromatic rings. The molecule has 1 atom stereocenters. The number of hydrogen-bond acceptors (Lipinski definition) is 4. The third kappa shape index (κ3) is 3.95. The van der Waals surface area contributed by atoms with Crippen molar-refractivity contribution in [2.45, 2.75) is 25.3 Å². The molecule has 0 saturated carbocycles. The van der Waals surface area contributed by atoms with Crippen molar-refractivity contribution >= 4 is 5.97 Å². The molecule has 110 valence electrons. The Morgan fingerprint density at radius 1 is 1.50 bits per heavy atom. The molecule has 1 fully saturated rings. The largest absolute Gasteiger partial charge is 0.491 e. The molecule has 1 aromatic carbocycles. The van der Waals surface area contributed by atoms with Gasteiger partial charge in [-0.15, -0.1) is 0 Å². The van der Waals surface area contributed by atoms with Crippen molar-refractivity contribution in [3.05, 3.63) is 29.8 Å². The fraction of sp³-hybridized carbons (Fsp3) is 0.533. The molecular formula is C15H21NO4. The van der Waals surface area contributed by atoms with Crippen LogP contribution in [0.3, 0.4) is 0 Å². The Bertz CT molecular complexity index is 455. The van der Waals surface area contributed by atoms with Crippen LogP contribution >= 0.6 is 0 Å². The Morgan fingerprint density at radius 3 is 3.00 bits per heavy atom. The summed E-state index contributed by atoms with van der Waals surface area (Å²) in [7, 11) is 0. The van der Waals surface area contributed by atoms with Crippen molar-refractivity contribution in [3.63, 3.8) is 0 Å². The van der Waals surface area contributed by atoms with E-state index in [1.807, 2.05) is 0 Å². The summed E-state index contributed by atoms with van der Waals surface area (Å²) in [6, 6.07) is 6.68. The molecule has 0 radical (unpaired) electrons. The van der Waals surface area contributed by atoms with Crippen LogP contribution in [-0.4, -0.2) is 43.0 Å². The first-order valence-corrected chi connectivity index (χ1v) is 6.89. The molecule has 0 spiro atoms. The molecule has 0 amide bonds. The van der Waals surface area contributed by atoms with Gasteiger partial charge in [-0.25, -0.2) is 4.79 Å². The Balaban J connectivity index is 1.80. The van der Waals surface area contributed by atoms with Crippen molar-refractivity contribution in [2.24, 2.45) is 0 Å². The van der Waals surface area contributed by atoms with Crippen LogP contribution in [0.25, 0.3) is 0 Å². The van der Waals surface area contributed by atoms with E-state index in [0.29, 0.717) is 25.5 Å². The quantitative estimate of drug-likeness (QED) is 0.779. The molecule has 1 unspecified atom stereocenters. The van der Waals surface area contributed by atoms with Crippen LogP contribution in [0.5, 0.6) is 5.75 Å². The first kappa shape index (κ1) is 14.8. The maximum absolute atomic E-state index is 11.0. The Morgan fingerprint density at radius 2 is 2.30 bits per heavy atom. The van der Waals surface area contributed by atoms with Gasteiger partial charge in [0.05, 0.1) is 6.61 Å². The fourth-order valence-electron chi connectivity index (χ4n) is 2.36. The zero-order valence-corrected chi connectivity index (χ0v) is 11.7. The summed E-state index contributed by atoms with van der Waals surface area (Å²) in [5.74, 6) is -0.562. The van der Waals surface area contributed by atoms with Gasteiger partial charge in [-0.05, 0) is 31.9 Å². The van der Waals surface area contributed by atoms with E-state index in [-0.39, 0.29) is 11.1 Å². The highest BCUT2D eigenvalue weighted by Gasteiger charge is 2.26. The second-order valence-corrected chi connectivity index (χ2v) is 5.29. The number of benzene rings is 1. The first-order chi connectivity index (χ1) is 9.61. The minimum Gasteiger partial charge on any atom is -0.491 e. The van der Waals surface area contributed by atoms with Gasteiger partial charge >= 0.3 is 5.97 Å². The molecule has 20 heavy (non-hydrogen) atoms. The molecule has 1 aliphatic heterocycles. The van der Waals surface area contributed by atoms with Crippen LogP contribution in [0.2, 0.25) is 0 Å². The SMILES string of the molecule is CC1(NCCOc2ccccc2C(=O)O)CCCOC1. The van der Waals surface area contributed by atoms with E-state index in [1.54, 1.807) is 24.3 Å². The summed E-state index contributed by atoms with van der Waals surface area (Å²) in [5.41, 5.74) is 0.188. The number of aromatic carboxylic acids is 1. The molecule has 0 bridgehead atoms. The predicted octanol–water partition coefficient (Wildman–Crippen LogP) is 1.92. The van der Waals surface area contributed by atoms with Gasteiger partial charge in [-0.1, -0.05) is 12.1 Å². The number of nitrogens with one attached hydrogen (secondary N) is 1. The van der Waals surface area contributed by atoms with Gasteiger partial charge in [-0.3, -0.25) is 0 Å². The summed E-state index contributed by atoms with van der Waals surface area (Å²) >= 11 is 0. The summed E-state index contributed by atoms with van der Waals surface area (Å²) in [6.07, 6.45) is 2.14. The van der Waals surface area contributed by atoms with Crippen LogP contribution in [0.15, 0.2) is 24.3 Å². The molecule has 0 aromatic heterocycles. The second kappa shape index (κ2) is 6.72. The van der Waals surface area contributed by atoms with E-state index >= 15 is 0 Å². The minimum atomic E-state index is -0.971. The smallest absolute Gasteiger partial charge is 0.339 e. The second-order valence-electron chi connectivity index (χ2n) is 5.29. The first-order valence-electron chi connectivity index (χ1n) is 6.89. The fourth-order valence-corrected chi connectivity index (χ4v) is 2.36. The van der Waals surface area contributed by atoms with Crippen molar-refractivity contribution in [2.75, 3.05) is 26.4 Å². The van der Waals surface area contributed by atoms with Gasteiger partial charge in [-0.2, -0.15) is 0 Å². The number of carboxylic acids is 1. The number of carboxylic acid groups (broad SMARTS) is 1. The zero-order chi connectivity index (χ0) is 14.4. The predicted molar refractivity (Wildman–Crippen MR) is 75.4 cm³/mol. The van der Waals surface area contributed by atoms with Gasteiger partial charge in [0.25, 0.3) is 0 Å². The minimum absolute atomic E-state index is 0.00603. The van der Waals surface area contributed by atoms with Crippen molar-refractivity contribution < 1.29 is 19.4 Å². The summed E-state index contributed by atoms with van der Waals surface area (Å²) in [5, 5.41) is 12.5. The van der Waals surface area contributed by atoms with Crippen LogP contribution in [0.1, 0.15) is 30.1 Å². The van der Waals surface area contributed by atoms with Gasteiger partial charge in [0.1, 0.15) is 17.9 Å². The standard InChI is InChI=1S/C15H21NO4/c1-15(7-4-9-19-11-15)16-8-10-20-13-6-3-2-5-12(13)14(17)18/h2-3,5-6,16H,4,7-11H2,1H3,(H,17,18). The number of carbonyl (C=O) groups is 1. The molecule has 2 rings (SSSR count). The van der Waals surface area contributed by atoms with Gasteiger partial charge in [0, 0.05) is 18.7 Å². The molecule has 0 aliphatic carbocycles. The maximum atomic E-state index is 11.0. The highest BCUT2D eigenvalue weighted by atomic mass is 16.5. The molecule has 5 nitrogen and oxygen atoms in total. The van der Waals surface area contributed by atoms with Crippen molar-refractivity contribution in [1.29, 1.82) is 0 Å². The summed E-state index contributed by atoms with van der Waals surface area (Å²) in [6.45, 7) is 4.77. The highest BCUT2D eigenvalue weighted by molar-refractivity contribution is 5.90. The lowest BCUT2D eigenvalue weighted by atomic mass is 9.95. The monoisotopic (exact) mass is 279 g/mol. The lowest BCUT2D eigenvalue weighted by Gasteiger charge is -2.34.